The van der Waals surface area contributed by atoms with E-state index in [0.717, 1.165) is 11.4 Å². The smallest absolute Gasteiger partial charge is 0.335 e. The Labute approximate surface area is 225 Å². The third kappa shape index (κ3) is 6.34. The Balaban J connectivity index is 1.66. The summed E-state index contributed by atoms with van der Waals surface area (Å²) in [6.45, 7) is 0.530. The van der Waals surface area contributed by atoms with Crippen molar-refractivity contribution >= 4 is 46.2 Å². The molecule has 0 aliphatic rings. The van der Waals surface area contributed by atoms with E-state index in [-0.39, 0.29) is 23.4 Å². The summed E-state index contributed by atoms with van der Waals surface area (Å²) in [4.78, 5) is 37.9. The maximum atomic E-state index is 13.4. The number of aromatic nitrogens is 2. The number of rotatable bonds is 11. The summed E-state index contributed by atoms with van der Waals surface area (Å²) in [5.41, 5.74) is 2.57. The summed E-state index contributed by atoms with van der Waals surface area (Å²) in [5.74, 6) is -0.935. The average Bonchev–Trinajstić information content (AvgIpc) is 2.95. The lowest BCUT2D eigenvalue weighted by molar-refractivity contribution is 0.0697. The second-order valence-electron chi connectivity index (χ2n) is 8.61. The molecule has 0 atom stereocenters. The summed E-state index contributed by atoms with van der Waals surface area (Å²) in [6.07, 6.45) is 4.47. The molecule has 2 heterocycles. The van der Waals surface area contributed by atoms with Crippen molar-refractivity contribution in [2.24, 2.45) is 0 Å². The minimum Gasteiger partial charge on any atom is -0.478 e. The fourth-order valence-electron chi connectivity index (χ4n) is 3.97. The number of aliphatic hydroxyl groups is 1. The van der Waals surface area contributed by atoms with Gasteiger partial charge in [0.15, 0.2) is 0 Å². The molecule has 0 radical (unpaired) electrons. The monoisotopic (exact) mass is 530 g/mol. The highest BCUT2D eigenvalue weighted by atomic mass is 35.5. The van der Waals surface area contributed by atoms with Gasteiger partial charge in [0.25, 0.3) is 0 Å². The van der Waals surface area contributed by atoms with Gasteiger partial charge in [0, 0.05) is 48.4 Å². The van der Waals surface area contributed by atoms with E-state index in [2.05, 4.69) is 9.97 Å². The molecule has 0 aliphatic heterocycles. The van der Waals surface area contributed by atoms with E-state index >= 15 is 0 Å². The van der Waals surface area contributed by atoms with Crippen LogP contribution in [-0.4, -0.2) is 52.1 Å². The van der Waals surface area contributed by atoms with E-state index in [0.29, 0.717) is 35.9 Å². The maximum absolute atomic E-state index is 13.4. The lowest BCUT2D eigenvalue weighted by atomic mass is 10.0. The predicted molar refractivity (Wildman–Crippen MR) is 148 cm³/mol. The molecule has 4 rings (SSSR count). The van der Waals surface area contributed by atoms with Gasteiger partial charge < -0.3 is 20.0 Å². The van der Waals surface area contributed by atoms with Gasteiger partial charge in [-0.3, -0.25) is 9.78 Å². The van der Waals surface area contributed by atoms with E-state index in [4.69, 9.17) is 11.6 Å². The molecule has 0 unspecified atom stereocenters. The second kappa shape index (κ2) is 12.3. The molecule has 2 aromatic carbocycles. The number of carbonyl (C=O) groups excluding carboxylic acids is 1. The van der Waals surface area contributed by atoms with E-state index in [1.807, 2.05) is 41.1 Å². The van der Waals surface area contributed by atoms with Crippen molar-refractivity contribution in [3.8, 4) is 0 Å². The van der Waals surface area contributed by atoms with Crippen molar-refractivity contribution in [3.05, 3.63) is 107 Å². The van der Waals surface area contributed by atoms with Crippen LogP contribution in [-0.2, 0) is 0 Å². The number of carboxylic acids is 1. The van der Waals surface area contributed by atoms with Crippen LogP contribution in [0.25, 0.3) is 0 Å². The molecule has 194 valence electrons. The third-order valence-corrected chi connectivity index (χ3v) is 6.29. The largest absolute Gasteiger partial charge is 0.478 e. The van der Waals surface area contributed by atoms with Crippen LogP contribution in [0.3, 0.4) is 0 Å². The van der Waals surface area contributed by atoms with Crippen molar-refractivity contribution in [2.45, 2.75) is 12.8 Å². The number of aromatic carboxylic acids is 1. The Morgan fingerprint density at radius 1 is 0.868 bits per heavy atom. The number of benzene rings is 2. The van der Waals surface area contributed by atoms with Gasteiger partial charge in [-0.25, -0.2) is 9.78 Å². The fraction of sp³-hybridized carbons (Fsp3) is 0.172. The van der Waals surface area contributed by atoms with E-state index in [1.54, 1.807) is 48.8 Å². The molecule has 8 nitrogen and oxygen atoms in total. The van der Waals surface area contributed by atoms with Gasteiger partial charge >= 0.3 is 5.97 Å². The fourth-order valence-corrected chi connectivity index (χ4v) is 4.10. The minimum atomic E-state index is -1.15. The number of anilines is 4. The number of unbranched alkanes of at least 4 members (excludes halogenated alkanes) is 1. The van der Waals surface area contributed by atoms with Gasteiger partial charge in [0.2, 0.25) is 5.78 Å². The summed E-state index contributed by atoms with van der Waals surface area (Å²) in [7, 11) is 1.88. The Morgan fingerprint density at radius 3 is 2.24 bits per heavy atom. The van der Waals surface area contributed by atoms with Crippen molar-refractivity contribution in [1.82, 2.24) is 9.97 Å². The minimum absolute atomic E-state index is 0.0203. The zero-order valence-corrected chi connectivity index (χ0v) is 21.5. The number of carbonyl (C=O) groups is 2. The highest BCUT2D eigenvalue weighted by Crippen LogP contribution is 2.29. The average molecular weight is 531 g/mol. The van der Waals surface area contributed by atoms with Crippen molar-refractivity contribution in [3.63, 3.8) is 0 Å². The molecular formula is C29H27ClN4O4. The molecule has 2 N–H and O–H groups in total. The van der Waals surface area contributed by atoms with E-state index in [9.17, 15) is 19.8 Å². The molecule has 0 saturated carbocycles. The quantitative estimate of drug-likeness (QED) is 0.187. The number of hydrogen-bond donors (Lipinski definition) is 2. The van der Waals surface area contributed by atoms with Crippen LogP contribution in [0, 0.1) is 0 Å². The molecule has 0 spiro atoms. The van der Waals surface area contributed by atoms with E-state index in [1.165, 1.54) is 12.1 Å². The number of halogens is 1. The molecule has 0 saturated heterocycles. The normalized spacial score (nSPS) is 10.7. The van der Waals surface area contributed by atoms with Gasteiger partial charge in [-0.05, 0) is 79.6 Å². The highest BCUT2D eigenvalue weighted by molar-refractivity contribution is 6.30. The summed E-state index contributed by atoms with van der Waals surface area (Å²) >= 11 is 5.98. The van der Waals surface area contributed by atoms with Crippen molar-refractivity contribution in [2.75, 3.05) is 30.0 Å². The molecule has 0 aliphatic carbocycles. The molecule has 38 heavy (non-hydrogen) atoms. The number of ketones is 1. The number of aliphatic hydroxyl groups excluding tert-OH is 1. The van der Waals surface area contributed by atoms with Gasteiger partial charge in [-0.1, -0.05) is 17.7 Å². The van der Waals surface area contributed by atoms with E-state index < -0.39 is 11.8 Å². The van der Waals surface area contributed by atoms with Crippen LogP contribution in [0.4, 0.5) is 22.9 Å². The number of hydrogen-bond acceptors (Lipinski definition) is 7. The van der Waals surface area contributed by atoms with Crippen molar-refractivity contribution in [1.29, 1.82) is 0 Å². The SMILES string of the molecule is CN(c1ccc(Cl)cc1)c1ccc(C(=O)c2cc(C(=O)O)cc(N(CCCCO)c3ccccn3)c2)nc1. The Bertz CT molecular complexity index is 1400. The van der Waals surface area contributed by atoms with Gasteiger partial charge in [-0.2, -0.15) is 0 Å². The molecule has 9 heteroatoms. The number of carboxylic acid groups (broad SMARTS) is 1. The standard InChI is InChI=1S/C29H27ClN4O4/c1-33(23-9-7-22(30)8-10-23)24-11-12-26(32-19-24)28(36)20-16-21(29(37)38)18-25(17-20)34(14-4-5-15-35)27-6-2-3-13-31-27/h2-3,6-13,16-19,35H,4-5,14-15H2,1H3,(H,37,38). The predicted octanol–water partition coefficient (Wildman–Crippen LogP) is 5.74. The van der Waals surface area contributed by atoms with Crippen molar-refractivity contribution < 1.29 is 19.8 Å². The first-order valence-electron chi connectivity index (χ1n) is 12.0. The molecular weight excluding hydrogens is 504 g/mol. The summed E-state index contributed by atoms with van der Waals surface area (Å²) in [5, 5.41) is 19.6. The van der Waals surface area contributed by atoms with Crippen LogP contribution in [0.2, 0.25) is 5.02 Å². The Kier molecular flexibility index (Phi) is 8.68. The topological polar surface area (TPSA) is 107 Å². The summed E-state index contributed by atoms with van der Waals surface area (Å²) < 4.78 is 0. The summed E-state index contributed by atoms with van der Waals surface area (Å²) in [6, 6.07) is 20.7. The van der Waals surface area contributed by atoms with Crippen LogP contribution >= 0.6 is 11.6 Å². The van der Waals surface area contributed by atoms with Crippen LogP contribution < -0.4 is 9.80 Å². The molecule has 0 amide bonds. The Morgan fingerprint density at radius 2 is 1.61 bits per heavy atom. The Hall–Kier alpha value is -4.27. The van der Waals surface area contributed by atoms with Gasteiger partial charge in [0.05, 0.1) is 17.4 Å². The third-order valence-electron chi connectivity index (χ3n) is 6.04. The zero-order valence-electron chi connectivity index (χ0n) is 20.8. The molecule has 0 bridgehead atoms. The van der Waals surface area contributed by atoms with Gasteiger partial charge in [0.1, 0.15) is 11.5 Å². The first-order chi connectivity index (χ1) is 18.4. The molecule has 2 aromatic heterocycles. The zero-order chi connectivity index (χ0) is 27.1. The first kappa shape index (κ1) is 26.8. The lowest BCUT2D eigenvalue weighted by Gasteiger charge is -2.25. The number of pyridine rings is 2. The first-order valence-corrected chi connectivity index (χ1v) is 12.4. The van der Waals surface area contributed by atoms with Crippen LogP contribution in [0.15, 0.2) is 85.2 Å². The second-order valence-corrected chi connectivity index (χ2v) is 9.05. The van der Waals surface area contributed by atoms with Gasteiger partial charge in [-0.15, -0.1) is 0 Å². The molecule has 4 aromatic rings. The lowest BCUT2D eigenvalue weighted by Crippen LogP contribution is -2.21. The van der Waals surface area contributed by atoms with Crippen LogP contribution in [0.5, 0.6) is 0 Å². The molecule has 0 fully saturated rings. The maximum Gasteiger partial charge on any atom is 0.335 e. The highest BCUT2D eigenvalue weighted by Gasteiger charge is 2.19. The number of nitrogens with zero attached hydrogens (tertiary/aromatic N) is 4. The van der Waals surface area contributed by atoms with Crippen LogP contribution in [0.1, 0.15) is 39.3 Å².